The van der Waals surface area contributed by atoms with Gasteiger partial charge in [0.2, 0.25) is 0 Å². The lowest BCUT2D eigenvalue weighted by Crippen LogP contribution is -2.70. The Morgan fingerprint density at radius 2 is 2.42 bits per heavy atom. The monoisotopic (exact) mass is 187 g/mol. The molecular weight excluding hydrogens is 178 g/mol. The van der Waals surface area contributed by atoms with E-state index in [4.69, 9.17) is 0 Å². The normalized spacial score (nSPS) is 15.5. The van der Waals surface area contributed by atoms with E-state index >= 15 is 0 Å². The average Bonchev–Trinajstić information content (AvgIpc) is 2.53. The minimum Gasteiger partial charge on any atom is -0.544 e. The molecule has 12 heavy (non-hydrogen) atoms. The quantitative estimate of drug-likeness (QED) is 0.581. The summed E-state index contributed by atoms with van der Waals surface area (Å²) in [6.07, 6.45) is -1.06. The summed E-state index contributed by atoms with van der Waals surface area (Å²) in [4.78, 5) is 10.9. The Balaban J connectivity index is 2.71. The molecule has 4 N–H and O–H groups in total. The number of aliphatic carboxylic acids is 1. The maximum atomic E-state index is 10.3. The van der Waals surface area contributed by atoms with Crippen LogP contribution < -0.4 is 10.8 Å². The first-order chi connectivity index (χ1) is 5.63. The first-order valence-electron chi connectivity index (χ1n) is 3.38. The summed E-state index contributed by atoms with van der Waals surface area (Å²) < 4.78 is 0. The van der Waals surface area contributed by atoms with Crippen LogP contribution in [-0.2, 0) is 4.79 Å². The van der Waals surface area contributed by atoms with Gasteiger partial charge >= 0.3 is 0 Å². The molecule has 0 bridgehead atoms. The molecule has 5 heteroatoms. The highest BCUT2D eigenvalue weighted by Gasteiger charge is 2.21. The zero-order valence-electron chi connectivity index (χ0n) is 6.27. The van der Waals surface area contributed by atoms with Crippen molar-refractivity contribution in [1.82, 2.24) is 0 Å². The van der Waals surface area contributed by atoms with Crippen molar-refractivity contribution in [2.24, 2.45) is 0 Å². The molecule has 0 aliphatic rings. The summed E-state index contributed by atoms with van der Waals surface area (Å²) >= 11 is 1.30. The predicted octanol–water partition coefficient (Wildman–Crippen LogP) is -1.86. The standard InChI is InChI=1S/C7H9NO3S/c8-5(7(10)11)6(9)4-2-1-3-12-4/h1-3,5-6,9H,8H2,(H,10,11)/t5-,6+/m1/s1. The molecule has 0 fully saturated rings. The topological polar surface area (TPSA) is 88.0 Å². The van der Waals surface area contributed by atoms with Gasteiger partial charge < -0.3 is 20.7 Å². The van der Waals surface area contributed by atoms with Crippen LogP contribution in [0.15, 0.2) is 17.5 Å². The number of rotatable bonds is 3. The van der Waals surface area contributed by atoms with E-state index in [1.807, 2.05) is 0 Å². The number of carbonyl (C=O) groups excluding carboxylic acids is 1. The van der Waals surface area contributed by atoms with Gasteiger partial charge in [-0.2, -0.15) is 0 Å². The van der Waals surface area contributed by atoms with Crippen LogP contribution in [-0.4, -0.2) is 17.1 Å². The van der Waals surface area contributed by atoms with E-state index < -0.39 is 18.1 Å². The van der Waals surface area contributed by atoms with Crippen molar-refractivity contribution in [2.45, 2.75) is 12.1 Å². The number of carboxylic acids is 1. The highest BCUT2D eigenvalue weighted by molar-refractivity contribution is 7.10. The molecule has 0 unspecified atom stereocenters. The molecule has 0 amide bonds. The summed E-state index contributed by atoms with van der Waals surface area (Å²) in [5.41, 5.74) is 3.29. The lowest BCUT2D eigenvalue weighted by molar-refractivity contribution is -0.452. The van der Waals surface area contributed by atoms with E-state index in [2.05, 4.69) is 5.73 Å². The second-order valence-electron chi connectivity index (χ2n) is 2.39. The van der Waals surface area contributed by atoms with Crippen LogP contribution in [0.1, 0.15) is 11.0 Å². The second-order valence-corrected chi connectivity index (χ2v) is 3.37. The Morgan fingerprint density at radius 3 is 2.83 bits per heavy atom. The predicted molar refractivity (Wildman–Crippen MR) is 41.0 cm³/mol. The largest absolute Gasteiger partial charge is 0.544 e. The fraction of sp³-hybridized carbons (Fsp3) is 0.286. The summed E-state index contributed by atoms with van der Waals surface area (Å²) in [6.45, 7) is 0. The Bertz CT molecular complexity index is 260. The van der Waals surface area contributed by atoms with Crippen LogP contribution in [0.2, 0.25) is 0 Å². The lowest BCUT2D eigenvalue weighted by atomic mass is 10.1. The Kier molecular flexibility index (Phi) is 2.80. The molecule has 1 rings (SSSR count). The fourth-order valence-corrected chi connectivity index (χ4v) is 1.56. The highest BCUT2D eigenvalue weighted by atomic mass is 32.1. The first-order valence-corrected chi connectivity index (χ1v) is 4.26. The van der Waals surface area contributed by atoms with Crippen LogP contribution >= 0.6 is 11.3 Å². The van der Waals surface area contributed by atoms with Gasteiger partial charge in [0.25, 0.3) is 0 Å². The minimum atomic E-state index is -1.34. The molecule has 0 aliphatic heterocycles. The molecule has 0 spiro atoms. The van der Waals surface area contributed by atoms with Crippen LogP contribution in [0, 0.1) is 0 Å². The van der Waals surface area contributed by atoms with Crippen molar-refractivity contribution in [3.63, 3.8) is 0 Å². The van der Waals surface area contributed by atoms with Gasteiger partial charge in [0, 0.05) is 4.88 Å². The molecule has 1 heterocycles. The molecule has 0 aliphatic carbocycles. The van der Waals surface area contributed by atoms with Crippen LogP contribution in [0.5, 0.6) is 0 Å². The molecule has 2 atom stereocenters. The summed E-state index contributed by atoms with van der Waals surface area (Å²) in [6, 6.07) is 2.30. The number of aliphatic hydroxyl groups excluding tert-OH is 1. The van der Waals surface area contributed by atoms with Gasteiger partial charge in [-0.05, 0) is 11.4 Å². The van der Waals surface area contributed by atoms with Crippen molar-refractivity contribution in [3.8, 4) is 0 Å². The number of aliphatic hydroxyl groups is 1. The SMILES string of the molecule is [NH3+][C@@H](C(=O)[O-])[C@@H](O)c1cccs1. The molecule has 1 aromatic rings. The van der Waals surface area contributed by atoms with Gasteiger partial charge in [-0.15, -0.1) is 11.3 Å². The Morgan fingerprint density at radius 1 is 1.75 bits per heavy atom. The summed E-state index contributed by atoms with van der Waals surface area (Å²) in [5.74, 6) is -1.34. The molecule has 0 saturated heterocycles. The van der Waals surface area contributed by atoms with Crippen molar-refractivity contribution < 1.29 is 20.7 Å². The van der Waals surface area contributed by atoms with Crippen molar-refractivity contribution in [2.75, 3.05) is 0 Å². The van der Waals surface area contributed by atoms with E-state index in [-0.39, 0.29) is 0 Å². The third-order valence-electron chi connectivity index (χ3n) is 1.52. The average molecular weight is 187 g/mol. The highest BCUT2D eigenvalue weighted by Crippen LogP contribution is 2.19. The van der Waals surface area contributed by atoms with E-state index in [1.165, 1.54) is 11.3 Å². The zero-order chi connectivity index (χ0) is 9.14. The van der Waals surface area contributed by atoms with Gasteiger partial charge in [-0.25, -0.2) is 0 Å². The molecule has 0 aromatic carbocycles. The molecule has 0 saturated carbocycles. The van der Waals surface area contributed by atoms with Crippen LogP contribution in [0.3, 0.4) is 0 Å². The number of hydrogen-bond donors (Lipinski definition) is 2. The number of hydrogen-bond acceptors (Lipinski definition) is 4. The third-order valence-corrected chi connectivity index (χ3v) is 2.46. The Hall–Kier alpha value is -0.910. The van der Waals surface area contributed by atoms with E-state index in [1.54, 1.807) is 17.5 Å². The van der Waals surface area contributed by atoms with E-state index in [0.717, 1.165) is 0 Å². The number of carbonyl (C=O) groups is 1. The van der Waals surface area contributed by atoms with Gasteiger partial charge in [-0.3, -0.25) is 0 Å². The fourth-order valence-electron chi connectivity index (χ4n) is 0.787. The van der Waals surface area contributed by atoms with Gasteiger partial charge in [0.05, 0.1) is 0 Å². The van der Waals surface area contributed by atoms with Crippen LogP contribution in [0.4, 0.5) is 0 Å². The lowest BCUT2D eigenvalue weighted by Gasteiger charge is -2.14. The van der Waals surface area contributed by atoms with E-state index in [9.17, 15) is 15.0 Å². The molecule has 0 radical (unpaired) electrons. The van der Waals surface area contributed by atoms with Gasteiger partial charge in [0.1, 0.15) is 12.1 Å². The molecule has 66 valence electrons. The van der Waals surface area contributed by atoms with Gasteiger partial charge in [0.15, 0.2) is 6.04 Å². The smallest absolute Gasteiger partial charge is 0.156 e. The van der Waals surface area contributed by atoms with Crippen molar-refractivity contribution in [1.29, 1.82) is 0 Å². The first kappa shape index (κ1) is 9.18. The number of thiophene rings is 1. The van der Waals surface area contributed by atoms with Gasteiger partial charge in [-0.1, -0.05) is 6.07 Å². The maximum Gasteiger partial charge on any atom is 0.156 e. The third kappa shape index (κ3) is 1.82. The molecule has 1 aromatic heterocycles. The number of quaternary nitrogens is 1. The number of carboxylic acid groups (broad SMARTS) is 1. The second kappa shape index (κ2) is 3.66. The zero-order valence-corrected chi connectivity index (χ0v) is 7.08. The maximum absolute atomic E-state index is 10.3. The molecule has 4 nitrogen and oxygen atoms in total. The minimum absolute atomic E-state index is 0.596. The van der Waals surface area contributed by atoms with E-state index in [0.29, 0.717) is 4.88 Å². The summed E-state index contributed by atoms with van der Waals surface area (Å²) in [5, 5.41) is 21.4. The van der Waals surface area contributed by atoms with Crippen molar-refractivity contribution >= 4 is 17.3 Å². The van der Waals surface area contributed by atoms with Crippen LogP contribution in [0.25, 0.3) is 0 Å². The Labute approximate surface area is 73.3 Å². The summed E-state index contributed by atoms with van der Waals surface area (Å²) in [7, 11) is 0. The molecular formula is C7H9NO3S. The van der Waals surface area contributed by atoms with Crippen molar-refractivity contribution in [3.05, 3.63) is 22.4 Å².